The van der Waals surface area contributed by atoms with Gasteiger partial charge in [0.25, 0.3) is 6.33 Å². The molecule has 0 spiro atoms. The van der Waals surface area contributed by atoms with E-state index in [9.17, 15) is 2.74 Å². The van der Waals surface area contributed by atoms with E-state index in [1.54, 1.807) is 47.0 Å². The van der Waals surface area contributed by atoms with Crippen LogP contribution < -0.4 is 9.30 Å². The van der Waals surface area contributed by atoms with Gasteiger partial charge in [0.15, 0.2) is 0 Å². The molecular weight excluding hydrogens is 964 g/mol. The van der Waals surface area contributed by atoms with Crippen LogP contribution in [0.15, 0.2) is 164 Å². The standard InChI is InChI=1S/C58H50N4O.Pt/c1-8-39-30-31-59-55(32-39)62-51-25-13-12-22-49(51)50-29-28-46(37-54(50)62)63-45-21-16-20-44(36-45)60-38-61(53-27-15-14-26-52(53)60)56-47(40-18-10-9-11-19-40)23-17-24-48(56)41-33-42(57(2,3)4)35-43(34-41)58(5,6)7;/h9-35H,8H2,1-7H3;/q-2;/i8D2,9D,10D,11D,12D,13D,18D,19D,22D,25D;. The number of benzene rings is 7. The number of fused-ring (bicyclic) bond motifs is 4. The zero-order valence-corrected chi connectivity index (χ0v) is 38.7. The van der Waals surface area contributed by atoms with E-state index in [1.165, 1.54) is 13.1 Å². The van der Waals surface area contributed by atoms with Gasteiger partial charge < -0.3 is 13.9 Å². The van der Waals surface area contributed by atoms with Crippen molar-refractivity contribution in [1.29, 1.82) is 0 Å². The number of rotatable bonds is 8. The van der Waals surface area contributed by atoms with Gasteiger partial charge >= 0.3 is 0 Å². The van der Waals surface area contributed by atoms with E-state index < -0.39 is 36.6 Å². The third kappa shape index (κ3) is 7.88. The van der Waals surface area contributed by atoms with Crippen LogP contribution in [0.5, 0.6) is 11.5 Å². The molecule has 0 aliphatic carbocycles. The molecule has 5 nitrogen and oxygen atoms in total. The third-order valence-corrected chi connectivity index (χ3v) is 11.3. The Hall–Kier alpha value is -6.55. The van der Waals surface area contributed by atoms with Crippen molar-refractivity contribution in [2.24, 2.45) is 0 Å². The zero-order valence-electron chi connectivity index (χ0n) is 47.4. The number of hydrogen-bond acceptors (Lipinski definition) is 2. The van der Waals surface area contributed by atoms with E-state index in [2.05, 4.69) is 83.2 Å². The molecule has 0 unspecified atom stereocenters. The number of para-hydroxylation sites is 4. The molecule has 0 fully saturated rings. The Bertz CT molecular complexity index is 3900. The van der Waals surface area contributed by atoms with Gasteiger partial charge in [-0.3, -0.25) is 4.57 Å². The molecular formula is C58H50N4OPt-2. The predicted octanol–water partition coefficient (Wildman–Crippen LogP) is 14.1. The van der Waals surface area contributed by atoms with E-state index in [-0.39, 0.29) is 89.8 Å². The number of nitrogens with zero attached hydrogens (tertiary/aromatic N) is 4. The van der Waals surface area contributed by atoms with Gasteiger partial charge in [0.1, 0.15) is 5.82 Å². The second-order valence-corrected chi connectivity index (χ2v) is 17.6. The molecule has 0 aliphatic heterocycles. The summed E-state index contributed by atoms with van der Waals surface area (Å²) in [5.74, 6) is 0.750. The predicted molar refractivity (Wildman–Crippen MR) is 258 cm³/mol. The summed E-state index contributed by atoms with van der Waals surface area (Å²) < 4.78 is 108. The Morgan fingerprint density at radius 3 is 2.11 bits per heavy atom. The van der Waals surface area contributed by atoms with Gasteiger partial charge in [-0.1, -0.05) is 163 Å². The van der Waals surface area contributed by atoms with Crippen LogP contribution in [0.2, 0.25) is 0 Å². The monoisotopic (exact) mass is 1020 g/mol. The van der Waals surface area contributed by atoms with Crippen molar-refractivity contribution >= 4 is 32.8 Å². The van der Waals surface area contributed by atoms with Crippen molar-refractivity contribution in [3.63, 3.8) is 0 Å². The normalized spacial score (nSPS) is 14.6. The number of pyridine rings is 1. The molecule has 0 atom stereocenters. The summed E-state index contributed by atoms with van der Waals surface area (Å²) in [5, 5.41) is 0.718. The van der Waals surface area contributed by atoms with Gasteiger partial charge in [0.05, 0.1) is 29.1 Å². The first-order valence-corrected chi connectivity index (χ1v) is 20.8. The van der Waals surface area contributed by atoms with Crippen LogP contribution in [-0.2, 0) is 38.3 Å². The summed E-state index contributed by atoms with van der Waals surface area (Å²) in [6.07, 6.45) is 3.31. The number of imidazole rings is 1. The molecule has 320 valence electrons. The first-order chi connectivity index (χ1) is 34.8. The van der Waals surface area contributed by atoms with Gasteiger partial charge in [0.2, 0.25) is 0 Å². The molecule has 0 saturated heterocycles. The van der Waals surface area contributed by atoms with Crippen molar-refractivity contribution < 1.29 is 45.4 Å². The maximum Gasteiger partial charge on any atom is 0.268 e. The molecule has 3 heterocycles. The van der Waals surface area contributed by atoms with E-state index in [0.717, 1.165) is 22.3 Å². The Morgan fingerprint density at radius 1 is 0.672 bits per heavy atom. The second kappa shape index (κ2) is 16.9. The van der Waals surface area contributed by atoms with Gasteiger partial charge in [-0.05, 0) is 85.4 Å². The average molecular weight is 1030 g/mol. The van der Waals surface area contributed by atoms with E-state index >= 15 is 0 Å². The van der Waals surface area contributed by atoms with E-state index in [1.807, 2.05) is 51.6 Å². The molecule has 0 saturated carbocycles. The fraction of sp³-hybridized carbons (Fsp3) is 0.172. The minimum absolute atomic E-state index is 0. The van der Waals surface area contributed by atoms with Gasteiger partial charge in [-0.2, -0.15) is 18.2 Å². The summed E-state index contributed by atoms with van der Waals surface area (Å²) in [6, 6.07) is 35.1. The van der Waals surface area contributed by atoms with E-state index in [4.69, 9.17) is 17.1 Å². The minimum atomic E-state index is -1.74. The molecule has 10 aromatic rings. The van der Waals surface area contributed by atoms with Crippen molar-refractivity contribution in [2.75, 3.05) is 0 Å². The Morgan fingerprint density at radius 2 is 1.36 bits per heavy atom. The van der Waals surface area contributed by atoms with Crippen molar-refractivity contribution in [3.8, 4) is 50.9 Å². The molecule has 7 aromatic carbocycles. The summed E-state index contributed by atoms with van der Waals surface area (Å²) >= 11 is 0. The summed E-state index contributed by atoms with van der Waals surface area (Å²) in [4.78, 5) is 4.54. The third-order valence-electron chi connectivity index (χ3n) is 11.3. The van der Waals surface area contributed by atoms with Crippen LogP contribution in [0.3, 0.4) is 0 Å². The maximum atomic E-state index is 9.18. The molecule has 3 aromatic heterocycles. The Labute approximate surface area is 406 Å². The average Bonchev–Trinajstić information content (AvgIpc) is 3.96. The first-order valence-electron chi connectivity index (χ1n) is 26.3. The number of aromatic nitrogens is 4. The SMILES string of the molecule is [2H]c1c([2H])c([2H])c(-c2cccc(-c3cc(C(C)(C)C)cc(C(C)(C)C)c3)c2-[n+]2[c-]n(-c3[c-]c(Oc4[c-]c5c(cc4)c4c([2H])c([2H])c([2H])c([2H])c4n5-c4cc(C([2H])([2H])C)ccn4)ccc3)c3ccccc32)c([2H])c1[2H].[Pt]. The topological polar surface area (TPSA) is 35.9 Å². The number of aryl methyl sites for hydroxylation is 1. The number of ether oxygens (including phenoxy) is 1. The minimum Gasteiger partial charge on any atom is -0.510 e. The second-order valence-electron chi connectivity index (χ2n) is 17.6. The zero-order chi connectivity index (χ0) is 53.1. The first kappa shape index (κ1) is 31.3. The Balaban J connectivity index is 0.00000689. The molecule has 0 radical (unpaired) electrons. The quantitative estimate of drug-likeness (QED) is 0.112. The summed E-state index contributed by atoms with van der Waals surface area (Å²) in [5.41, 5.74) is 7.17. The van der Waals surface area contributed by atoms with Crippen LogP contribution in [0.4, 0.5) is 0 Å². The van der Waals surface area contributed by atoms with Gasteiger partial charge in [-0.25, -0.2) is 4.98 Å². The van der Waals surface area contributed by atoms with Crippen LogP contribution >= 0.6 is 0 Å². The van der Waals surface area contributed by atoms with Crippen LogP contribution in [-0.4, -0.2) is 14.1 Å². The van der Waals surface area contributed by atoms with Gasteiger partial charge in [-0.15, -0.1) is 29.7 Å². The summed E-state index contributed by atoms with van der Waals surface area (Å²) in [6.45, 7) is 14.4. The van der Waals surface area contributed by atoms with Crippen molar-refractivity contribution in [2.45, 2.75) is 65.7 Å². The van der Waals surface area contributed by atoms with Crippen LogP contribution in [0, 0.1) is 18.5 Å². The van der Waals surface area contributed by atoms with Gasteiger partial charge in [0, 0.05) is 47.0 Å². The summed E-state index contributed by atoms with van der Waals surface area (Å²) in [7, 11) is 0. The molecule has 0 aliphatic rings. The van der Waals surface area contributed by atoms with E-state index in [0.29, 0.717) is 44.4 Å². The fourth-order valence-corrected chi connectivity index (χ4v) is 8.01. The molecule has 0 bridgehead atoms. The van der Waals surface area contributed by atoms with Crippen molar-refractivity contribution in [1.82, 2.24) is 14.1 Å². The molecule has 6 heteroatoms. The van der Waals surface area contributed by atoms with Crippen molar-refractivity contribution in [3.05, 3.63) is 199 Å². The fourth-order valence-electron chi connectivity index (χ4n) is 8.01. The largest absolute Gasteiger partial charge is 0.510 e. The molecule has 10 rings (SSSR count). The molecule has 0 amide bonds. The molecule has 64 heavy (non-hydrogen) atoms. The maximum absolute atomic E-state index is 9.18. The molecule has 0 N–H and O–H groups in total. The Kier molecular flexibility index (Phi) is 8.25. The van der Waals surface area contributed by atoms with Crippen LogP contribution in [0.25, 0.3) is 72.3 Å². The van der Waals surface area contributed by atoms with Crippen LogP contribution in [0.1, 0.15) is 80.2 Å². The number of hydrogen-bond donors (Lipinski definition) is 0. The smallest absolute Gasteiger partial charge is 0.268 e.